The zero-order valence-electron chi connectivity index (χ0n) is 29.2. The first-order valence-electron chi connectivity index (χ1n) is 18.8. The van der Waals surface area contributed by atoms with Crippen LogP contribution in [0.1, 0.15) is 17.7 Å². The van der Waals surface area contributed by atoms with E-state index in [1.54, 1.807) is 0 Å². The number of hydrogen-bond acceptors (Lipinski definition) is 2. The average molecular weight is 687 g/mol. The quantitative estimate of drug-likeness (QED) is 0.170. The molecule has 4 heterocycles. The monoisotopic (exact) mass is 686 g/mol. The third kappa shape index (κ3) is 3.57. The fraction of sp³-hybridized carbons (Fsp3) is 0.0400. The van der Waals surface area contributed by atoms with Crippen LogP contribution >= 0.6 is 0 Å². The normalized spacial score (nSPS) is 13.3. The van der Waals surface area contributed by atoms with E-state index in [0.29, 0.717) is 0 Å². The molecule has 0 saturated carbocycles. The maximum absolute atomic E-state index is 5.68. The highest BCUT2D eigenvalue weighted by Crippen LogP contribution is 2.48. The molecule has 1 aliphatic carbocycles. The van der Waals surface area contributed by atoms with Gasteiger partial charge in [-0.3, -0.25) is 4.57 Å². The molecule has 13 rings (SSSR count). The van der Waals surface area contributed by atoms with Crippen LogP contribution in [0.25, 0.3) is 115 Å². The molecule has 0 aliphatic heterocycles. The summed E-state index contributed by atoms with van der Waals surface area (Å²) in [6, 6.07) is 53.0. The summed E-state index contributed by atoms with van der Waals surface area (Å²) < 4.78 is 5.03. The van der Waals surface area contributed by atoms with Crippen LogP contribution in [0.15, 0.2) is 152 Å². The van der Waals surface area contributed by atoms with E-state index in [0.717, 1.165) is 51.9 Å². The van der Waals surface area contributed by atoms with Crippen LogP contribution in [-0.2, 0) is 6.42 Å². The van der Waals surface area contributed by atoms with Crippen molar-refractivity contribution in [3.05, 3.63) is 163 Å². The molecule has 0 fully saturated rings. The van der Waals surface area contributed by atoms with Gasteiger partial charge in [-0.2, -0.15) is 0 Å². The van der Waals surface area contributed by atoms with Gasteiger partial charge in [-0.15, -0.1) is 0 Å². The van der Waals surface area contributed by atoms with Crippen molar-refractivity contribution in [3.63, 3.8) is 0 Å². The molecule has 4 heteroatoms. The summed E-state index contributed by atoms with van der Waals surface area (Å²) in [5.74, 6) is 1.62. The summed E-state index contributed by atoms with van der Waals surface area (Å²) in [4.78, 5) is 11.0. The first kappa shape index (κ1) is 28.5. The van der Waals surface area contributed by atoms with Gasteiger partial charge < -0.3 is 4.40 Å². The molecule has 4 nitrogen and oxygen atoms in total. The Morgan fingerprint density at radius 2 is 1.20 bits per heavy atom. The van der Waals surface area contributed by atoms with Gasteiger partial charge in [0, 0.05) is 49.1 Å². The third-order valence-electron chi connectivity index (χ3n) is 12.1. The lowest BCUT2D eigenvalue weighted by Gasteiger charge is -2.15. The molecule has 0 spiro atoms. The molecule has 54 heavy (non-hydrogen) atoms. The van der Waals surface area contributed by atoms with E-state index in [2.05, 4.69) is 167 Å². The van der Waals surface area contributed by atoms with Crippen molar-refractivity contribution in [2.75, 3.05) is 0 Å². The standard InChI is InChI=1S/C50H30N4/c1-4-16-32-29(13-1)25-26-44-45(32)40-28-38-35-19-8-11-23-42(35)53-43-24-12-9-21-37(43)46(47(38)53)48(40)54(44)50-36-20-7-10-22-41(36)51-49(52-50)39-27-30-14-2-3-15-31(30)33-17-5-6-18-34(33)39/h1-10,12-22,24-28H,11,23H2. The molecule has 0 atom stereocenters. The number of benzene rings is 8. The number of fused-ring (bicyclic) bond motifs is 16. The molecule has 0 amide bonds. The third-order valence-corrected chi connectivity index (χ3v) is 12.1. The van der Waals surface area contributed by atoms with Gasteiger partial charge in [-0.25, -0.2) is 9.97 Å². The fourth-order valence-electron chi connectivity index (χ4n) is 9.85. The smallest absolute Gasteiger partial charge is 0.162 e. The summed E-state index contributed by atoms with van der Waals surface area (Å²) in [5.41, 5.74) is 9.62. The lowest BCUT2D eigenvalue weighted by Crippen LogP contribution is -2.03. The Morgan fingerprint density at radius 3 is 2.09 bits per heavy atom. The fourth-order valence-corrected chi connectivity index (χ4v) is 9.85. The molecule has 4 aromatic heterocycles. The van der Waals surface area contributed by atoms with Crippen LogP contribution < -0.4 is 0 Å². The molecule has 8 aromatic carbocycles. The predicted octanol–water partition coefficient (Wildman–Crippen LogP) is 12.8. The lowest BCUT2D eigenvalue weighted by molar-refractivity contribution is 0.926. The summed E-state index contributed by atoms with van der Waals surface area (Å²) in [7, 11) is 0. The molecular formula is C50H30N4. The minimum absolute atomic E-state index is 0.725. The van der Waals surface area contributed by atoms with E-state index < -0.39 is 0 Å². The molecule has 0 unspecified atom stereocenters. The highest BCUT2D eigenvalue weighted by molar-refractivity contribution is 6.34. The van der Waals surface area contributed by atoms with Crippen LogP contribution in [0, 0.1) is 0 Å². The van der Waals surface area contributed by atoms with Gasteiger partial charge in [0.05, 0.1) is 27.6 Å². The van der Waals surface area contributed by atoms with E-state index >= 15 is 0 Å². The summed E-state index contributed by atoms with van der Waals surface area (Å²) in [6.07, 6.45) is 6.78. The molecule has 12 aromatic rings. The Bertz CT molecular complexity index is 3620. The number of para-hydroxylation sites is 2. The van der Waals surface area contributed by atoms with Gasteiger partial charge in [-0.1, -0.05) is 121 Å². The minimum atomic E-state index is 0.725. The summed E-state index contributed by atoms with van der Waals surface area (Å²) >= 11 is 0. The van der Waals surface area contributed by atoms with Crippen molar-refractivity contribution in [2.45, 2.75) is 12.8 Å². The maximum atomic E-state index is 5.68. The number of nitrogens with zero attached hydrogens (tertiary/aromatic N) is 4. The Labute approximate surface area is 309 Å². The van der Waals surface area contributed by atoms with E-state index in [1.165, 1.54) is 81.7 Å². The van der Waals surface area contributed by atoms with Crippen LogP contribution in [0.5, 0.6) is 0 Å². The Hall–Kier alpha value is -7.04. The van der Waals surface area contributed by atoms with Gasteiger partial charge in [0.1, 0.15) is 5.82 Å². The molecule has 1 aliphatic rings. The van der Waals surface area contributed by atoms with E-state index in [-0.39, 0.29) is 0 Å². The van der Waals surface area contributed by atoms with Crippen LogP contribution in [0.2, 0.25) is 0 Å². The van der Waals surface area contributed by atoms with E-state index in [4.69, 9.17) is 9.97 Å². The number of allylic oxidation sites excluding steroid dienone is 1. The number of hydrogen-bond donors (Lipinski definition) is 0. The van der Waals surface area contributed by atoms with E-state index in [9.17, 15) is 0 Å². The van der Waals surface area contributed by atoms with Gasteiger partial charge in [-0.05, 0) is 81.6 Å². The van der Waals surface area contributed by atoms with Crippen LogP contribution in [0.3, 0.4) is 0 Å². The Morgan fingerprint density at radius 1 is 0.481 bits per heavy atom. The largest absolute Gasteiger partial charge is 0.312 e. The topological polar surface area (TPSA) is 35.1 Å². The van der Waals surface area contributed by atoms with Crippen molar-refractivity contribution >= 4 is 98.3 Å². The number of aryl methyl sites for hydroxylation is 1. The van der Waals surface area contributed by atoms with Gasteiger partial charge >= 0.3 is 0 Å². The highest BCUT2D eigenvalue weighted by Gasteiger charge is 2.28. The van der Waals surface area contributed by atoms with Crippen molar-refractivity contribution < 1.29 is 0 Å². The minimum Gasteiger partial charge on any atom is -0.312 e. The SMILES string of the molecule is C1=Cc2c(n3c4ccccc4c4c5c(cc2c43)c2c3ccccc3ccc2n5-c2nc(-c3cc4ccccc4c4ccccc34)nc3ccccc23)CC1. The first-order chi connectivity index (χ1) is 26.8. The molecule has 0 radical (unpaired) electrons. The molecule has 0 saturated heterocycles. The van der Waals surface area contributed by atoms with Crippen molar-refractivity contribution in [1.82, 2.24) is 18.9 Å². The Kier molecular flexibility index (Phi) is 5.44. The first-order valence-corrected chi connectivity index (χ1v) is 18.8. The number of rotatable bonds is 2. The van der Waals surface area contributed by atoms with E-state index in [1.807, 2.05) is 0 Å². The number of aromatic nitrogens is 4. The second-order valence-electron chi connectivity index (χ2n) is 14.8. The summed E-state index contributed by atoms with van der Waals surface area (Å²) in [5, 5.41) is 14.7. The predicted molar refractivity (Wildman–Crippen MR) is 226 cm³/mol. The van der Waals surface area contributed by atoms with Crippen molar-refractivity contribution in [2.24, 2.45) is 0 Å². The maximum Gasteiger partial charge on any atom is 0.162 e. The average Bonchev–Trinajstić information content (AvgIpc) is 3.88. The highest BCUT2D eigenvalue weighted by atomic mass is 15.1. The zero-order valence-corrected chi connectivity index (χ0v) is 29.2. The van der Waals surface area contributed by atoms with Gasteiger partial charge in [0.15, 0.2) is 5.82 Å². The second kappa shape index (κ2) is 10.3. The molecule has 0 N–H and O–H groups in total. The lowest BCUT2D eigenvalue weighted by atomic mass is 9.97. The molecule has 250 valence electrons. The zero-order chi connectivity index (χ0) is 35.1. The van der Waals surface area contributed by atoms with Crippen molar-refractivity contribution in [3.8, 4) is 17.2 Å². The van der Waals surface area contributed by atoms with Gasteiger partial charge in [0.2, 0.25) is 0 Å². The van der Waals surface area contributed by atoms with Crippen molar-refractivity contribution in [1.29, 1.82) is 0 Å². The molecular weight excluding hydrogens is 657 g/mol. The van der Waals surface area contributed by atoms with Gasteiger partial charge in [0.25, 0.3) is 0 Å². The van der Waals surface area contributed by atoms with Crippen LogP contribution in [0.4, 0.5) is 0 Å². The molecule has 0 bridgehead atoms. The summed E-state index contributed by atoms with van der Waals surface area (Å²) in [6.45, 7) is 0. The Balaban J connectivity index is 1.27. The van der Waals surface area contributed by atoms with Crippen LogP contribution in [-0.4, -0.2) is 18.9 Å². The second-order valence-corrected chi connectivity index (χ2v) is 14.8.